The summed E-state index contributed by atoms with van der Waals surface area (Å²) in [5.41, 5.74) is 1.07. The first-order chi connectivity index (χ1) is 8.86. The van der Waals surface area contributed by atoms with E-state index in [1.165, 1.54) is 24.4 Å². The molecular formula is C13H16N4S. The highest BCUT2D eigenvalue weighted by molar-refractivity contribution is 7.09. The smallest absolute Gasteiger partial charge is 0.205 e. The molecule has 0 bridgehead atoms. The molecule has 2 aromatic rings. The van der Waals surface area contributed by atoms with Gasteiger partial charge >= 0.3 is 0 Å². The van der Waals surface area contributed by atoms with Gasteiger partial charge in [-0.1, -0.05) is 6.07 Å². The summed E-state index contributed by atoms with van der Waals surface area (Å²) in [5, 5.41) is 1.02. The summed E-state index contributed by atoms with van der Waals surface area (Å²) >= 11 is 1.51. The number of hydrogen-bond acceptors (Lipinski definition) is 5. The Kier molecular flexibility index (Phi) is 3.23. The molecule has 1 aliphatic rings. The van der Waals surface area contributed by atoms with Gasteiger partial charge in [0.25, 0.3) is 0 Å². The third-order valence-corrected chi connectivity index (χ3v) is 3.90. The van der Waals surface area contributed by atoms with Gasteiger partial charge in [0.05, 0.1) is 12.2 Å². The Bertz CT molecular complexity index is 507. The van der Waals surface area contributed by atoms with Crippen molar-refractivity contribution in [2.75, 3.05) is 11.4 Å². The minimum atomic E-state index is 0.628. The van der Waals surface area contributed by atoms with Crippen molar-refractivity contribution in [1.29, 1.82) is 0 Å². The molecule has 0 aliphatic heterocycles. The maximum atomic E-state index is 4.65. The van der Waals surface area contributed by atoms with Crippen LogP contribution in [0, 0.1) is 0 Å². The van der Waals surface area contributed by atoms with E-state index in [2.05, 4.69) is 26.2 Å². The summed E-state index contributed by atoms with van der Waals surface area (Å²) in [6, 6.07) is 6.01. The lowest BCUT2D eigenvalue weighted by molar-refractivity contribution is 0.799. The largest absolute Gasteiger partial charge is 0.341 e. The standard InChI is InChI=1S/C13H16N4S/c1-2-17(9-11-5-3-4-8-14-11)13-15-12(16-18-13)10-6-7-10/h3-5,8,10H,2,6-7,9H2,1H3. The monoisotopic (exact) mass is 260 g/mol. The van der Waals surface area contributed by atoms with Crippen LogP contribution in [0.5, 0.6) is 0 Å². The molecule has 4 nitrogen and oxygen atoms in total. The molecule has 2 heterocycles. The van der Waals surface area contributed by atoms with Crippen LogP contribution in [-0.4, -0.2) is 20.9 Å². The molecule has 18 heavy (non-hydrogen) atoms. The third kappa shape index (κ3) is 2.51. The molecule has 1 aliphatic carbocycles. The van der Waals surface area contributed by atoms with Crippen molar-refractivity contribution < 1.29 is 0 Å². The molecule has 0 radical (unpaired) electrons. The predicted octanol–water partition coefficient (Wildman–Crippen LogP) is 2.84. The molecule has 1 saturated carbocycles. The second-order valence-corrected chi connectivity index (χ2v) is 5.27. The zero-order valence-corrected chi connectivity index (χ0v) is 11.2. The minimum Gasteiger partial charge on any atom is -0.341 e. The van der Waals surface area contributed by atoms with Crippen molar-refractivity contribution in [3.05, 3.63) is 35.9 Å². The fourth-order valence-corrected chi connectivity index (χ4v) is 2.67. The molecular weight excluding hydrogens is 244 g/mol. The Morgan fingerprint density at radius 3 is 2.94 bits per heavy atom. The highest BCUT2D eigenvalue weighted by Crippen LogP contribution is 2.39. The zero-order chi connectivity index (χ0) is 12.4. The van der Waals surface area contributed by atoms with Gasteiger partial charge in [-0.15, -0.1) is 0 Å². The molecule has 1 fully saturated rings. The summed E-state index contributed by atoms with van der Waals surface area (Å²) in [7, 11) is 0. The van der Waals surface area contributed by atoms with E-state index in [9.17, 15) is 0 Å². The lowest BCUT2D eigenvalue weighted by Crippen LogP contribution is -2.22. The summed E-state index contributed by atoms with van der Waals surface area (Å²) in [6.45, 7) is 3.87. The molecule has 0 unspecified atom stereocenters. The van der Waals surface area contributed by atoms with Crippen molar-refractivity contribution in [2.24, 2.45) is 0 Å². The first-order valence-electron chi connectivity index (χ1n) is 6.35. The Hall–Kier alpha value is -1.49. The summed E-state index contributed by atoms with van der Waals surface area (Å²) < 4.78 is 4.46. The van der Waals surface area contributed by atoms with Crippen molar-refractivity contribution in [1.82, 2.24) is 14.3 Å². The second-order valence-electron chi connectivity index (χ2n) is 4.54. The maximum Gasteiger partial charge on any atom is 0.205 e. The Labute approximate surface area is 111 Å². The van der Waals surface area contributed by atoms with Gasteiger partial charge in [-0.2, -0.15) is 4.37 Å². The first-order valence-corrected chi connectivity index (χ1v) is 7.12. The molecule has 5 heteroatoms. The van der Waals surface area contributed by atoms with E-state index in [-0.39, 0.29) is 0 Å². The van der Waals surface area contributed by atoms with Crippen LogP contribution >= 0.6 is 11.5 Å². The number of nitrogens with zero attached hydrogens (tertiary/aromatic N) is 4. The molecule has 0 N–H and O–H groups in total. The second kappa shape index (κ2) is 5.02. The number of anilines is 1. The SMILES string of the molecule is CCN(Cc1ccccn1)c1nc(C2CC2)ns1. The lowest BCUT2D eigenvalue weighted by atomic mass is 10.3. The molecule has 0 aromatic carbocycles. The molecule has 94 valence electrons. The average molecular weight is 260 g/mol. The van der Waals surface area contributed by atoms with Crippen molar-refractivity contribution in [2.45, 2.75) is 32.2 Å². The molecule has 0 spiro atoms. The maximum absolute atomic E-state index is 4.65. The van der Waals surface area contributed by atoms with Crippen LogP contribution in [0.15, 0.2) is 24.4 Å². The van der Waals surface area contributed by atoms with Gasteiger partial charge in [0.1, 0.15) is 5.82 Å². The molecule has 3 rings (SSSR count). The van der Waals surface area contributed by atoms with Crippen LogP contribution in [0.1, 0.15) is 37.2 Å². The first kappa shape index (κ1) is 11.6. The van der Waals surface area contributed by atoms with Crippen LogP contribution in [0.2, 0.25) is 0 Å². The van der Waals surface area contributed by atoms with Gasteiger partial charge in [0.15, 0.2) is 0 Å². The van der Waals surface area contributed by atoms with E-state index in [1.807, 2.05) is 24.4 Å². The van der Waals surface area contributed by atoms with Crippen molar-refractivity contribution >= 4 is 16.7 Å². The highest BCUT2D eigenvalue weighted by Gasteiger charge is 2.28. The van der Waals surface area contributed by atoms with Crippen molar-refractivity contribution in [3.8, 4) is 0 Å². The minimum absolute atomic E-state index is 0.628. The quantitative estimate of drug-likeness (QED) is 0.829. The number of aromatic nitrogens is 3. The fourth-order valence-electron chi connectivity index (χ4n) is 1.86. The number of rotatable bonds is 5. The van der Waals surface area contributed by atoms with E-state index in [0.717, 1.165) is 29.7 Å². The van der Waals surface area contributed by atoms with Crippen LogP contribution in [-0.2, 0) is 6.54 Å². The Balaban J connectivity index is 1.74. The number of hydrogen-bond donors (Lipinski definition) is 0. The average Bonchev–Trinajstić information content (AvgIpc) is 3.16. The summed E-state index contributed by atoms with van der Waals surface area (Å²) in [4.78, 5) is 11.2. The van der Waals surface area contributed by atoms with E-state index >= 15 is 0 Å². The van der Waals surface area contributed by atoms with E-state index in [1.54, 1.807) is 0 Å². The zero-order valence-electron chi connectivity index (χ0n) is 10.4. The van der Waals surface area contributed by atoms with Gasteiger partial charge in [0.2, 0.25) is 5.13 Å². The van der Waals surface area contributed by atoms with Gasteiger partial charge in [0, 0.05) is 30.2 Å². The van der Waals surface area contributed by atoms with Crippen LogP contribution in [0.3, 0.4) is 0 Å². The van der Waals surface area contributed by atoms with Crippen LogP contribution < -0.4 is 4.90 Å². The molecule has 2 aromatic heterocycles. The van der Waals surface area contributed by atoms with Gasteiger partial charge in [-0.05, 0) is 31.9 Å². The third-order valence-electron chi connectivity index (χ3n) is 3.10. The highest BCUT2D eigenvalue weighted by atomic mass is 32.1. The number of pyridine rings is 1. The molecule has 0 atom stereocenters. The predicted molar refractivity (Wildman–Crippen MR) is 72.8 cm³/mol. The van der Waals surface area contributed by atoms with E-state index < -0.39 is 0 Å². The molecule has 0 saturated heterocycles. The van der Waals surface area contributed by atoms with Crippen molar-refractivity contribution in [3.63, 3.8) is 0 Å². The Morgan fingerprint density at radius 2 is 2.28 bits per heavy atom. The topological polar surface area (TPSA) is 41.9 Å². The Morgan fingerprint density at radius 1 is 1.39 bits per heavy atom. The lowest BCUT2D eigenvalue weighted by Gasteiger charge is -2.18. The van der Waals surface area contributed by atoms with Crippen LogP contribution in [0.4, 0.5) is 5.13 Å². The molecule has 0 amide bonds. The van der Waals surface area contributed by atoms with Gasteiger partial charge < -0.3 is 4.90 Å². The normalized spacial score (nSPS) is 14.7. The summed E-state index contributed by atoms with van der Waals surface area (Å²) in [6.07, 6.45) is 4.34. The van der Waals surface area contributed by atoms with E-state index in [4.69, 9.17) is 0 Å². The van der Waals surface area contributed by atoms with Gasteiger partial charge in [-0.3, -0.25) is 4.98 Å². The fraction of sp³-hybridized carbons (Fsp3) is 0.462. The van der Waals surface area contributed by atoms with E-state index in [0.29, 0.717) is 5.92 Å². The van der Waals surface area contributed by atoms with Crippen LogP contribution in [0.25, 0.3) is 0 Å². The summed E-state index contributed by atoms with van der Waals surface area (Å²) in [5.74, 6) is 1.66. The van der Waals surface area contributed by atoms with Gasteiger partial charge in [-0.25, -0.2) is 4.98 Å².